The van der Waals surface area contributed by atoms with E-state index in [1.807, 2.05) is 6.20 Å². The first kappa shape index (κ1) is 14.2. The average molecular weight is 321 g/mol. The highest BCUT2D eigenvalue weighted by atomic mass is 15.2. The van der Waals surface area contributed by atoms with Gasteiger partial charge in [0.1, 0.15) is 5.82 Å². The molecule has 2 aromatic heterocycles. The topological polar surface area (TPSA) is 60.6 Å². The fourth-order valence-electron chi connectivity index (χ4n) is 4.28. The van der Waals surface area contributed by atoms with E-state index in [-0.39, 0.29) is 0 Å². The average Bonchev–Trinajstić information content (AvgIpc) is 3.33. The number of rotatable bonds is 3. The summed E-state index contributed by atoms with van der Waals surface area (Å²) in [7, 11) is 0. The van der Waals surface area contributed by atoms with Gasteiger partial charge in [-0.25, -0.2) is 4.98 Å². The van der Waals surface area contributed by atoms with Crippen molar-refractivity contribution in [2.75, 3.05) is 6.54 Å². The van der Waals surface area contributed by atoms with Crippen LogP contribution in [-0.2, 0) is 19.4 Å². The van der Waals surface area contributed by atoms with Crippen LogP contribution in [0.25, 0.3) is 10.9 Å². The number of nitrogens with one attached hydrogen (secondary N) is 2. The Kier molecular flexibility index (Phi) is 3.40. The van der Waals surface area contributed by atoms with Gasteiger partial charge in [0.15, 0.2) is 0 Å². The minimum atomic E-state index is 0.438. The highest BCUT2D eigenvalue weighted by molar-refractivity contribution is 5.78. The van der Waals surface area contributed by atoms with E-state index in [2.05, 4.69) is 38.3 Å². The van der Waals surface area contributed by atoms with Crippen LogP contribution in [0.4, 0.5) is 0 Å². The molecule has 1 fully saturated rings. The van der Waals surface area contributed by atoms with Gasteiger partial charge in [0.25, 0.3) is 0 Å². The smallest absolute Gasteiger partial charge is 0.124 e. The molecule has 0 radical (unpaired) electrons. The minimum absolute atomic E-state index is 0.438. The van der Waals surface area contributed by atoms with E-state index in [4.69, 9.17) is 4.98 Å². The van der Waals surface area contributed by atoms with Crippen LogP contribution in [0.5, 0.6) is 0 Å². The second-order valence-corrected chi connectivity index (χ2v) is 7.17. The summed E-state index contributed by atoms with van der Waals surface area (Å²) in [5.41, 5.74) is 5.18. The number of aromatic nitrogens is 4. The molecule has 1 unspecified atom stereocenters. The number of H-pyrrole nitrogens is 2. The third kappa shape index (κ3) is 2.44. The molecule has 1 aromatic carbocycles. The lowest BCUT2D eigenvalue weighted by molar-refractivity contribution is 0.240. The number of aryl methyl sites for hydroxylation is 2. The largest absolute Gasteiger partial charge is 0.344 e. The monoisotopic (exact) mass is 321 g/mol. The summed E-state index contributed by atoms with van der Waals surface area (Å²) in [6, 6.07) is 7.05. The van der Waals surface area contributed by atoms with Crippen molar-refractivity contribution in [2.45, 2.75) is 51.1 Å². The lowest BCUT2D eigenvalue weighted by Gasteiger charge is -2.23. The van der Waals surface area contributed by atoms with Crippen LogP contribution in [0, 0.1) is 0 Å². The Labute approximate surface area is 141 Å². The Bertz CT molecular complexity index is 838. The van der Waals surface area contributed by atoms with Gasteiger partial charge in [0.2, 0.25) is 0 Å². The summed E-state index contributed by atoms with van der Waals surface area (Å²) in [4.78, 5) is 11.2. The molecule has 0 spiro atoms. The van der Waals surface area contributed by atoms with E-state index in [1.165, 1.54) is 60.3 Å². The quantitative estimate of drug-likeness (QED) is 0.776. The molecule has 5 rings (SSSR count). The molecule has 0 saturated carbocycles. The zero-order valence-corrected chi connectivity index (χ0v) is 13.9. The maximum absolute atomic E-state index is 4.95. The lowest BCUT2D eigenvalue weighted by Crippen LogP contribution is -2.23. The molecule has 0 bridgehead atoms. The predicted octanol–water partition coefficient (Wildman–Crippen LogP) is 3.50. The summed E-state index contributed by atoms with van der Waals surface area (Å²) in [6.07, 6.45) is 9.25. The number of benzene rings is 1. The maximum atomic E-state index is 4.95. The molecule has 24 heavy (non-hydrogen) atoms. The van der Waals surface area contributed by atoms with Crippen LogP contribution < -0.4 is 0 Å². The van der Waals surface area contributed by atoms with E-state index in [9.17, 15) is 0 Å². The Balaban J connectivity index is 1.39. The standard InChI is InChI=1S/C19H23N5/c1-2-5-16-15(4-1)21-19(22-16)18-6-3-9-24(18)12-13-7-8-14-11-20-23-17(14)10-13/h7-8,10-11,18H,1-6,9,12H2,(H,20,23)(H,21,22). The Hall–Kier alpha value is -2.14. The molecule has 0 amide bonds. The molecule has 2 aliphatic rings. The van der Waals surface area contributed by atoms with Crippen LogP contribution in [0.1, 0.15) is 54.5 Å². The summed E-state index contributed by atoms with van der Waals surface area (Å²) in [5.74, 6) is 1.20. The van der Waals surface area contributed by atoms with E-state index in [0.29, 0.717) is 6.04 Å². The van der Waals surface area contributed by atoms with Crippen molar-refractivity contribution in [2.24, 2.45) is 0 Å². The van der Waals surface area contributed by atoms with E-state index < -0.39 is 0 Å². The number of nitrogens with zero attached hydrogens (tertiary/aromatic N) is 3. The summed E-state index contributed by atoms with van der Waals surface area (Å²) < 4.78 is 0. The van der Waals surface area contributed by atoms with Crippen molar-refractivity contribution in [3.8, 4) is 0 Å². The van der Waals surface area contributed by atoms with Crippen molar-refractivity contribution < 1.29 is 0 Å². The predicted molar refractivity (Wildman–Crippen MR) is 93.7 cm³/mol. The molecule has 124 valence electrons. The number of aromatic amines is 2. The lowest BCUT2D eigenvalue weighted by atomic mass is 10.0. The first-order valence-corrected chi connectivity index (χ1v) is 9.10. The second kappa shape index (κ2) is 5.74. The first-order valence-electron chi connectivity index (χ1n) is 9.10. The van der Waals surface area contributed by atoms with Crippen molar-refractivity contribution in [3.05, 3.63) is 47.2 Å². The first-order chi connectivity index (χ1) is 11.9. The molecule has 1 aliphatic heterocycles. The fraction of sp³-hybridized carbons (Fsp3) is 0.474. The Morgan fingerprint density at radius 2 is 2.12 bits per heavy atom. The van der Waals surface area contributed by atoms with E-state index >= 15 is 0 Å². The molecule has 3 heterocycles. The van der Waals surface area contributed by atoms with Gasteiger partial charge in [-0.05, 0) is 56.7 Å². The van der Waals surface area contributed by atoms with Crippen molar-refractivity contribution in [1.29, 1.82) is 0 Å². The van der Waals surface area contributed by atoms with Gasteiger partial charge in [-0.3, -0.25) is 10.00 Å². The highest BCUT2D eigenvalue weighted by Crippen LogP contribution is 2.33. The van der Waals surface area contributed by atoms with Gasteiger partial charge >= 0.3 is 0 Å². The molecule has 1 saturated heterocycles. The fourth-order valence-corrected chi connectivity index (χ4v) is 4.28. The Morgan fingerprint density at radius 1 is 1.17 bits per heavy atom. The maximum Gasteiger partial charge on any atom is 0.124 e. The van der Waals surface area contributed by atoms with Gasteiger partial charge in [0, 0.05) is 17.6 Å². The van der Waals surface area contributed by atoms with Gasteiger partial charge in [-0.2, -0.15) is 5.10 Å². The van der Waals surface area contributed by atoms with Crippen molar-refractivity contribution in [1.82, 2.24) is 25.1 Å². The highest BCUT2D eigenvalue weighted by Gasteiger charge is 2.29. The SMILES string of the molecule is c1cc2cn[nH]c2cc1CN1CCCC1c1nc2c([nH]1)CCCC2. The third-order valence-electron chi connectivity index (χ3n) is 5.54. The van der Waals surface area contributed by atoms with Crippen LogP contribution in [0.15, 0.2) is 24.4 Å². The molecule has 5 nitrogen and oxygen atoms in total. The zero-order valence-electron chi connectivity index (χ0n) is 13.9. The summed E-state index contributed by atoms with van der Waals surface area (Å²) in [5, 5.41) is 8.37. The van der Waals surface area contributed by atoms with Crippen LogP contribution in [-0.4, -0.2) is 31.6 Å². The van der Waals surface area contributed by atoms with Crippen molar-refractivity contribution >= 4 is 10.9 Å². The molecule has 2 N–H and O–H groups in total. The number of hydrogen-bond donors (Lipinski definition) is 2. The van der Waals surface area contributed by atoms with Gasteiger partial charge < -0.3 is 4.98 Å². The van der Waals surface area contributed by atoms with E-state index in [0.717, 1.165) is 25.0 Å². The molecule has 5 heteroatoms. The molecule has 3 aromatic rings. The zero-order chi connectivity index (χ0) is 15.9. The number of imidazole rings is 1. The molecule has 1 aliphatic carbocycles. The Morgan fingerprint density at radius 3 is 3.08 bits per heavy atom. The van der Waals surface area contributed by atoms with Gasteiger partial charge in [-0.1, -0.05) is 12.1 Å². The summed E-state index contributed by atoms with van der Waals surface area (Å²) in [6.45, 7) is 2.13. The van der Waals surface area contributed by atoms with Crippen LogP contribution in [0.3, 0.4) is 0 Å². The van der Waals surface area contributed by atoms with Crippen molar-refractivity contribution in [3.63, 3.8) is 0 Å². The van der Waals surface area contributed by atoms with Crippen LogP contribution in [0.2, 0.25) is 0 Å². The van der Waals surface area contributed by atoms with Gasteiger partial charge in [0.05, 0.1) is 23.4 Å². The normalized spacial score (nSPS) is 21.4. The molecular weight excluding hydrogens is 298 g/mol. The van der Waals surface area contributed by atoms with E-state index in [1.54, 1.807) is 0 Å². The molecular formula is C19H23N5. The number of fused-ring (bicyclic) bond motifs is 2. The minimum Gasteiger partial charge on any atom is -0.344 e. The summed E-state index contributed by atoms with van der Waals surface area (Å²) >= 11 is 0. The third-order valence-corrected chi connectivity index (χ3v) is 5.54. The number of likely N-dealkylation sites (tertiary alicyclic amines) is 1. The molecule has 1 atom stereocenters. The number of hydrogen-bond acceptors (Lipinski definition) is 3. The second-order valence-electron chi connectivity index (χ2n) is 7.17. The van der Waals surface area contributed by atoms with Gasteiger partial charge in [-0.15, -0.1) is 0 Å². The van der Waals surface area contributed by atoms with Crippen LogP contribution >= 0.6 is 0 Å².